The third kappa shape index (κ3) is 3.26. The van der Waals surface area contributed by atoms with Crippen LogP contribution in [0.15, 0.2) is 34.5 Å². The number of nitrogens with one attached hydrogen (secondary N) is 1. The summed E-state index contributed by atoms with van der Waals surface area (Å²) in [5.74, 6) is 1.72. The zero-order valence-electron chi connectivity index (χ0n) is 16.3. The fraction of sp³-hybridized carbons (Fsp3) is 0.524. The Kier molecular flexibility index (Phi) is 4.47. The lowest BCUT2D eigenvalue weighted by molar-refractivity contribution is -0.00688. The van der Waals surface area contributed by atoms with E-state index in [1.807, 2.05) is 5.38 Å². The topological polar surface area (TPSA) is 85.4 Å². The molecule has 4 fully saturated rings. The Morgan fingerprint density at radius 1 is 1.14 bits per heavy atom. The van der Waals surface area contributed by atoms with Crippen LogP contribution in [0.4, 0.5) is 5.13 Å². The van der Waals surface area contributed by atoms with E-state index >= 15 is 0 Å². The van der Waals surface area contributed by atoms with Gasteiger partial charge in [-0.05, 0) is 68.4 Å². The van der Waals surface area contributed by atoms with E-state index in [4.69, 9.17) is 9.72 Å². The summed E-state index contributed by atoms with van der Waals surface area (Å²) in [7, 11) is -2.71. The number of ether oxygens (including phenoxy) is 1. The first kappa shape index (κ1) is 19.1. The molecule has 2 aromatic rings. The Balaban J connectivity index is 1.42. The molecule has 6 nitrogen and oxygen atoms in total. The van der Waals surface area contributed by atoms with Crippen LogP contribution in [-0.4, -0.2) is 26.5 Å². The van der Waals surface area contributed by atoms with Gasteiger partial charge in [0, 0.05) is 10.8 Å². The first-order chi connectivity index (χ1) is 13.9. The smallest absolute Gasteiger partial charge is 0.339 e. The molecule has 4 aliphatic carbocycles. The first-order valence-corrected chi connectivity index (χ1v) is 12.4. The Morgan fingerprint density at radius 2 is 1.76 bits per heavy atom. The van der Waals surface area contributed by atoms with E-state index in [-0.39, 0.29) is 15.9 Å². The zero-order chi connectivity index (χ0) is 20.2. The van der Waals surface area contributed by atoms with E-state index in [9.17, 15) is 13.2 Å². The molecule has 1 N–H and O–H groups in total. The zero-order valence-corrected chi connectivity index (χ0v) is 17.9. The number of carbonyl (C=O) groups is 1. The highest BCUT2D eigenvalue weighted by molar-refractivity contribution is 7.93. The number of carbonyl (C=O) groups excluding carboxylic acids is 1. The molecule has 0 radical (unpaired) electrons. The molecule has 0 aliphatic heterocycles. The molecular formula is C21H24N2O4S2. The third-order valence-electron chi connectivity index (χ3n) is 6.89. The average Bonchev–Trinajstić information content (AvgIpc) is 3.15. The molecule has 4 saturated carbocycles. The van der Waals surface area contributed by atoms with Crippen molar-refractivity contribution >= 4 is 32.5 Å². The van der Waals surface area contributed by atoms with Crippen molar-refractivity contribution in [3.8, 4) is 0 Å². The van der Waals surface area contributed by atoms with Crippen LogP contribution in [-0.2, 0) is 20.2 Å². The summed E-state index contributed by atoms with van der Waals surface area (Å²) < 4.78 is 33.2. The maximum Gasteiger partial charge on any atom is 0.339 e. The molecular weight excluding hydrogens is 408 g/mol. The lowest BCUT2D eigenvalue weighted by Gasteiger charge is -2.56. The largest absolute Gasteiger partial charge is 0.465 e. The fourth-order valence-electron chi connectivity index (χ4n) is 6.14. The molecule has 0 amide bonds. The number of hydrogen-bond donors (Lipinski definition) is 1. The van der Waals surface area contributed by atoms with Crippen molar-refractivity contribution in [2.75, 3.05) is 11.8 Å². The van der Waals surface area contributed by atoms with Crippen molar-refractivity contribution in [2.45, 2.75) is 48.8 Å². The molecule has 4 aliphatic rings. The number of thiazole rings is 1. The van der Waals surface area contributed by atoms with Gasteiger partial charge in [0.25, 0.3) is 10.0 Å². The summed E-state index contributed by atoms with van der Waals surface area (Å²) in [6.45, 7) is 0. The predicted octanol–water partition coefficient (Wildman–Crippen LogP) is 4.20. The molecule has 0 unspecified atom stereocenters. The summed E-state index contributed by atoms with van der Waals surface area (Å²) in [5.41, 5.74) is 1.18. The molecule has 1 heterocycles. The molecule has 4 bridgehead atoms. The van der Waals surface area contributed by atoms with Crippen LogP contribution in [0.3, 0.4) is 0 Å². The standard InChI is InChI=1S/C21H24N2O4S2/c1-27-19(24)16-4-2-3-5-17(16)29(25,26)23-20-22-18(12-28-20)21-9-13-6-14(10-21)8-15(7-13)11-21/h2-5,12-15H,6-11H2,1H3,(H,22,23). The van der Waals surface area contributed by atoms with Crippen molar-refractivity contribution in [1.29, 1.82) is 0 Å². The Bertz CT molecular complexity index is 1020. The SMILES string of the molecule is COC(=O)c1ccccc1S(=O)(=O)Nc1nc(C23CC4CC(CC(C4)C2)C3)cs1. The number of nitrogens with zero attached hydrogens (tertiary/aromatic N) is 1. The van der Waals surface area contributed by atoms with Gasteiger partial charge in [-0.1, -0.05) is 12.1 Å². The van der Waals surface area contributed by atoms with Gasteiger partial charge in [0.2, 0.25) is 0 Å². The van der Waals surface area contributed by atoms with Crippen LogP contribution in [0.5, 0.6) is 0 Å². The maximum absolute atomic E-state index is 12.9. The van der Waals surface area contributed by atoms with Gasteiger partial charge in [-0.15, -0.1) is 11.3 Å². The number of methoxy groups -OCH3 is 1. The number of anilines is 1. The Hall–Kier alpha value is -1.93. The van der Waals surface area contributed by atoms with Gasteiger partial charge in [0.1, 0.15) is 4.90 Å². The van der Waals surface area contributed by atoms with Gasteiger partial charge in [-0.3, -0.25) is 4.72 Å². The minimum atomic E-state index is -3.94. The van der Waals surface area contributed by atoms with Crippen LogP contribution >= 0.6 is 11.3 Å². The molecule has 0 saturated heterocycles. The normalized spacial score (nSPS) is 30.3. The Morgan fingerprint density at radius 3 is 2.38 bits per heavy atom. The number of aromatic nitrogens is 1. The van der Waals surface area contributed by atoms with Crippen molar-refractivity contribution in [2.24, 2.45) is 17.8 Å². The van der Waals surface area contributed by atoms with Crippen molar-refractivity contribution < 1.29 is 17.9 Å². The van der Waals surface area contributed by atoms with Gasteiger partial charge in [-0.2, -0.15) is 0 Å². The number of hydrogen-bond acceptors (Lipinski definition) is 6. The number of rotatable bonds is 5. The van der Waals surface area contributed by atoms with Crippen LogP contribution < -0.4 is 4.72 Å². The highest BCUT2D eigenvalue weighted by atomic mass is 32.2. The fourth-order valence-corrected chi connectivity index (χ4v) is 8.42. The number of sulfonamides is 1. The molecule has 154 valence electrons. The lowest BCUT2D eigenvalue weighted by Crippen LogP contribution is -2.48. The second kappa shape index (κ2) is 6.80. The average molecular weight is 433 g/mol. The van der Waals surface area contributed by atoms with E-state index in [1.54, 1.807) is 12.1 Å². The second-order valence-electron chi connectivity index (χ2n) is 8.83. The molecule has 0 spiro atoms. The van der Waals surface area contributed by atoms with Crippen molar-refractivity contribution in [3.05, 3.63) is 40.9 Å². The minimum absolute atomic E-state index is 0.0142. The van der Waals surface area contributed by atoms with E-state index in [1.165, 1.54) is 69.1 Å². The van der Waals surface area contributed by atoms with E-state index in [0.29, 0.717) is 5.13 Å². The number of benzene rings is 1. The van der Waals surface area contributed by atoms with E-state index in [0.717, 1.165) is 23.4 Å². The molecule has 1 aromatic heterocycles. The maximum atomic E-state index is 12.9. The van der Waals surface area contributed by atoms with Gasteiger partial charge in [0.15, 0.2) is 5.13 Å². The van der Waals surface area contributed by atoms with Crippen LogP contribution in [0.1, 0.15) is 54.6 Å². The second-order valence-corrected chi connectivity index (χ2v) is 11.3. The first-order valence-electron chi connectivity index (χ1n) is 10.0. The minimum Gasteiger partial charge on any atom is -0.465 e. The van der Waals surface area contributed by atoms with Gasteiger partial charge >= 0.3 is 5.97 Å². The summed E-state index contributed by atoms with van der Waals surface area (Å²) in [4.78, 5) is 16.6. The highest BCUT2D eigenvalue weighted by Gasteiger charge is 2.52. The summed E-state index contributed by atoms with van der Waals surface area (Å²) in [6, 6.07) is 6.05. The Labute approximate surface area is 174 Å². The third-order valence-corrected chi connectivity index (χ3v) is 9.17. The van der Waals surface area contributed by atoms with Crippen molar-refractivity contribution in [3.63, 3.8) is 0 Å². The van der Waals surface area contributed by atoms with E-state index in [2.05, 4.69) is 4.72 Å². The van der Waals surface area contributed by atoms with Gasteiger partial charge in [0.05, 0.1) is 18.4 Å². The molecule has 1 aromatic carbocycles. The van der Waals surface area contributed by atoms with Crippen LogP contribution in [0.2, 0.25) is 0 Å². The van der Waals surface area contributed by atoms with Gasteiger partial charge in [-0.25, -0.2) is 18.2 Å². The molecule has 0 atom stereocenters. The quantitative estimate of drug-likeness (QED) is 0.716. The summed E-state index contributed by atoms with van der Waals surface area (Å²) in [6.07, 6.45) is 7.61. The van der Waals surface area contributed by atoms with Gasteiger partial charge < -0.3 is 4.74 Å². The predicted molar refractivity (Wildman–Crippen MR) is 111 cm³/mol. The monoisotopic (exact) mass is 432 g/mol. The number of esters is 1. The van der Waals surface area contributed by atoms with Crippen LogP contribution in [0, 0.1) is 17.8 Å². The lowest BCUT2D eigenvalue weighted by atomic mass is 9.49. The summed E-state index contributed by atoms with van der Waals surface area (Å²) >= 11 is 1.32. The summed E-state index contributed by atoms with van der Waals surface area (Å²) in [5, 5.41) is 2.38. The van der Waals surface area contributed by atoms with Crippen LogP contribution in [0.25, 0.3) is 0 Å². The molecule has 29 heavy (non-hydrogen) atoms. The molecule has 8 heteroatoms. The molecule has 6 rings (SSSR count). The van der Waals surface area contributed by atoms with E-state index < -0.39 is 16.0 Å². The highest BCUT2D eigenvalue weighted by Crippen LogP contribution is 2.60. The van der Waals surface area contributed by atoms with Crippen molar-refractivity contribution in [1.82, 2.24) is 4.98 Å².